The zero-order chi connectivity index (χ0) is 12.4. The Bertz CT molecular complexity index is 408. The molecule has 0 aromatic heterocycles. The number of hydrogen-bond donors (Lipinski definition) is 1. The molecule has 1 N–H and O–H groups in total. The SMILES string of the molecule is Cc1cc(C)cc(CC2CN(C)C(=O)CN2)c1. The summed E-state index contributed by atoms with van der Waals surface area (Å²) in [4.78, 5) is 13.2. The number of benzene rings is 1. The number of carbonyl (C=O) groups excluding carboxylic acids is 1. The summed E-state index contributed by atoms with van der Waals surface area (Å²) in [6, 6.07) is 7.02. The monoisotopic (exact) mass is 232 g/mol. The van der Waals surface area contributed by atoms with Gasteiger partial charge in [0.25, 0.3) is 0 Å². The predicted molar refractivity (Wildman–Crippen MR) is 69.0 cm³/mol. The van der Waals surface area contributed by atoms with Gasteiger partial charge in [-0.1, -0.05) is 29.3 Å². The fourth-order valence-corrected chi connectivity index (χ4v) is 2.47. The third-order valence-corrected chi connectivity index (χ3v) is 3.23. The number of likely N-dealkylation sites (N-methyl/N-ethyl adjacent to an activating group) is 1. The predicted octanol–water partition coefficient (Wildman–Crippen LogP) is 1.28. The van der Waals surface area contributed by atoms with Gasteiger partial charge < -0.3 is 10.2 Å². The lowest BCUT2D eigenvalue weighted by atomic mass is 10.00. The van der Waals surface area contributed by atoms with E-state index < -0.39 is 0 Å². The van der Waals surface area contributed by atoms with Gasteiger partial charge in [0.05, 0.1) is 6.54 Å². The van der Waals surface area contributed by atoms with Crippen LogP contribution in [0.1, 0.15) is 16.7 Å². The first-order chi connectivity index (χ1) is 8.04. The summed E-state index contributed by atoms with van der Waals surface area (Å²) >= 11 is 0. The number of nitrogens with one attached hydrogen (secondary N) is 1. The molecule has 1 heterocycles. The third kappa shape index (κ3) is 3.07. The number of rotatable bonds is 2. The molecule has 1 aliphatic rings. The molecule has 0 radical (unpaired) electrons. The van der Waals surface area contributed by atoms with Crippen LogP contribution in [0.3, 0.4) is 0 Å². The lowest BCUT2D eigenvalue weighted by Gasteiger charge is -2.31. The van der Waals surface area contributed by atoms with E-state index in [1.54, 1.807) is 0 Å². The Morgan fingerprint density at radius 2 is 1.94 bits per heavy atom. The Balaban J connectivity index is 2.03. The van der Waals surface area contributed by atoms with Gasteiger partial charge in [0.2, 0.25) is 5.91 Å². The second-order valence-electron chi connectivity index (χ2n) is 5.05. The number of nitrogens with zero attached hydrogens (tertiary/aromatic N) is 1. The lowest BCUT2D eigenvalue weighted by molar-refractivity contribution is -0.131. The van der Waals surface area contributed by atoms with E-state index in [4.69, 9.17) is 0 Å². The van der Waals surface area contributed by atoms with Crippen LogP contribution in [-0.4, -0.2) is 37.0 Å². The summed E-state index contributed by atoms with van der Waals surface area (Å²) in [6.45, 7) is 5.51. The van der Waals surface area contributed by atoms with Crippen LogP contribution in [0.5, 0.6) is 0 Å². The molecular weight excluding hydrogens is 212 g/mol. The zero-order valence-corrected chi connectivity index (χ0v) is 10.8. The molecule has 1 amide bonds. The maximum atomic E-state index is 11.4. The molecule has 0 bridgehead atoms. The summed E-state index contributed by atoms with van der Waals surface area (Å²) in [5.74, 6) is 0.182. The highest BCUT2D eigenvalue weighted by Crippen LogP contribution is 2.12. The summed E-state index contributed by atoms with van der Waals surface area (Å²) in [7, 11) is 1.87. The van der Waals surface area contributed by atoms with Crippen molar-refractivity contribution in [3.05, 3.63) is 34.9 Å². The Kier molecular flexibility index (Phi) is 3.48. The first-order valence-electron chi connectivity index (χ1n) is 6.09. The summed E-state index contributed by atoms with van der Waals surface area (Å²) in [5, 5.41) is 3.30. The average molecular weight is 232 g/mol. The summed E-state index contributed by atoms with van der Waals surface area (Å²) in [5.41, 5.74) is 3.96. The highest BCUT2D eigenvalue weighted by atomic mass is 16.2. The van der Waals surface area contributed by atoms with Crippen LogP contribution in [0.4, 0.5) is 0 Å². The van der Waals surface area contributed by atoms with Crippen molar-refractivity contribution in [1.82, 2.24) is 10.2 Å². The number of piperazine rings is 1. The zero-order valence-electron chi connectivity index (χ0n) is 10.8. The van der Waals surface area contributed by atoms with Crippen LogP contribution in [0.15, 0.2) is 18.2 Å². The molecule has 1 aromatic carbocycles. The van der Waals surface area contributed by atoms with Crippen molar-refractivity contribution >= 4 is 5.91 Å². The van der Waals surface area contributed by atoms with Crippen molar-refractivity contribution in [2.45, 2.75) is 26.3 Å². The van der Waals surface area contributed by atoms with Crippen molar-refractivity contribution in [1.29, 1.82) is 0 Å². The van der Waals surface area contributed by atoms with E-state index in [0.717, 1.165) is 13.0 Å². The molecule has 0 saturated carbocycles. The van der Waals surface area contributed by atoms with E-state index in [0.29, 0.717) is 12.6 Å². The Labute approximate surface area is 103 Å². The van der Waals surface area contributed by atoms with Gasteiger partial charge in [-0.05, 0) is 25.8 Å². The Morgan fingerprint density at radius 1 is 1.29 bits per heavy atom. The Hall–Kier alpha value is -1.35. The summed E-state index contributed by atoms with van der Waals surface area (Å²) in [6.07, 6.45) is 0.986. The lowest BCUT2D eigenvalue weighted by Crippen LogP contribution is -2.53. The van der Waals surface area contributed by atoms with E-state index in [1.807, 2.05) is 11.9 Å². The molecule has 0 spiro atoms. The van der Waals surface area contributed by atoms with E-state index >= 15 is 0 Å². The number of hydrogen-bond acceptors (Lipinski definition) is 2. The van der Waals surface area contributed by atoms with Crippen LogP contribution in [0.25, 0.3) is 0 Å². The molecule has 1 unspecified atom stereocenters. The minimum absolute atomic E-state index is 0.182. The molecule has 0 aliphatic carbocycles. The topological polar surface area (TPSA) is 32.3 Å². The van der Waals surface area contributed by atoms with Crippen LogP contribution in [0.2, 0.25) is 0 Å². The molecule has 1 saturated heterocycles. The average Bonchev–Trinajstić information content (AvgIpc) is 2.22. The second kappa shape index (κ2) is 4.88. The highest BCUT2D eigenvalue weighted by Gasteiger charge is 2.22. The standard InChI is InChI=1S/C14H20N2O/c1-10-4-11(2)6-12(5-10)7-13-9-16(3)14(17)8-15-13/h4-6,13,15H,7-9H2,1-3H3. The van der Waals surface area contributed by atoms with Crippen molar-refractivity contribution in [3.8, 4) is 0 Å². The molecule has 1 atom stereocenters. The fraction of sp³-hybridized carbons (Fsp3) is 0.500. The van der Waals surface area contributed by atoms with Gasteiger partial charge in [0.1, 0.15) is 0 Å². The largest absolute Gasteiger partial charge is 0.343 e. The third-order valence-electron chi connectivity index (χ3n) is 3.23. The van der Waals surface area contributed by atoms with Crippen molar-refractivity contribution in [2.24, 2.45) is 0 Å². The minimum atomic E-state index is 0.182. The van der Waals surface area contributed by atoms with Gasteiger partial charge in [0.15, 0.2) is 0 Å². The maximum absolute atomic E-state index is 11.4. The molecule has 1 aliphatic heterocycles. The van der Waals surface area contributed by atoms with Crippen LogP contribution >= 0.6 is 0 Å². The second-order valence-corrected chi connectivity index (χ2v) is 5.05. The number of aryl methyl sites for hydroxylation is 2. The fourth-order valence-electron chi connectivity index (χ4n) is 2.47. The van der Waals surface area contributed by atoms with Crippen molar-refractivity contribution in [2.75, 3.05) is 20.1 Å². The molecule has 2 rings (SSSR count). The molecular formula is C14H20N2O. The van der Waals surface area contributed by atoms with Gasteiger partial charge in [0, 0.05) is 19.6 Å². The Morgan fingerprint density at radius 3 is 2.53 bits per heavy atom. The molecule has 1 aromatic rings. The normalized spacial score (nSPS) is 20.8. The smallest absolute Gasteiger partial charge is 0.236 e. The van der Waals surface area contributed by atoms with Gasteiger partial charge in [-0.15, -0.1) is 0 Å². The molecule has 17 heavy (non-hydrogen) atoms. The first kappa shape index (κ1) is 12.1. The van der Waals surface area contributed by atoms with Crippen LogP contribution < -0.4 is 5.32 Å². The van der Waals surface area contributed by atoms with Crippen molar-refractivity contribution < 1.29 is 4.79 Å². The van der Waals surface area contributed by atoms with Gasteiger partial charge in [-0.3, -0.25) is 4.79 Å². The highest BCUT2D eigenvalue weighted by molar-refractivity contribution is 5.78. The molecule has 92 valence electrons. The number of carbonyl (C=O) groups is 1. The van der Waals surface area contributed by atoms with Crippen LogP contribution in [0, 0.1) is 13.8 Å². The van der Waals surface area contributed by atoms with Crippen molar-refractivity contribution in [3.63, 3.8) is 0 Å². The summed E-state index contributed by atoms with van der Waals surface area (Å²) < 4.78 is 0. The maximum Gasteiger partial charge on any atom is 0.236 e. The van der Waals surface area contributed by atoms with Gasteiger partial charge >= 0.3 is 0 Å². The molecule has 3 nitrogen and oxygen atoms in total. The molecule has 1 fully saturated rings. The number of amides is 1. The van der Waals surface area contributed by atoms with E-state index in [1.165, 1.54) is 16.7 Å². The quantitative estimate of drug-likeness (QED) is 0.833. The van der Waals surface area contributed by atoms with E-state index in [9.17, 15) is 4.79 Å². The van der Waals surface area contributed by atoms with Crippen LogP contribution in [-0.2, 0) is 11.2 Å². The van der Waals surface area contributed by atoms with E-state index in [2.05, 4.69) is 37.4 Å². The minimum Gasteiger partial charge on any atom is -0.343 e. The van der Waals surface area contributed by atoms with Gasteiger partial charge in [-0.25, -0.2) is 0 Å². The van der Waals surface area contributed by atoms with Gasteiger partial charge in [-0.2, -0.15) is 0 Å². The van der Waals surface area contributed by atoms with E-state index in [-0.39, 0.29) is 5.91 Å². The first-order valence-corrected chi connectivity index (χ1v) is 6.09. The molecule has 3 heteroatoms.